The standard InChI is InChI=1S/C17H23FN2O/c18-15-5-3-13(4-6-15)12-14-7-10-20(11-8-14)17(21)16-2-1-9-19-16/h3-6,14,16,19H,1-2,7-12H2. The van der Waals surface area contributed by atoms with Gasteiger partial charge in [0.2, 0.25) is 5.91 Å². The number of nitrogens with one attached hydrogen (secondary N) is 1. The highest BCUT2D eigenvalue weighted by Gasteiger charge is 2.29. The lowest BCUT2D eigenvalue weighted by Crippen LogP contribution is -2.47. The van der Waals surface area contributed by atoms with Gasteiger partial charge in [-0.05, 0) is 62.3 Å². The van der Waals surface area contributed by atoms with Crippen LogP contribution in [0.2, 0.25) is 0 Å². The van der Waals surface area contributed by atoms with Gasteiger partial charge in [-0.2, -0.15) is 0 Å². The smallest absolute Gasteiger partial charge is 0.239 e. The third kappa shape index (κ3) is 3.62. The van der Waals surface area contributed by atoms with Gasteiger partial charge in [-0.25, -0.2) is 4.39 Å². The summed E-state index contributed by atoms with van der Waals surface area (Å²) in [5.41, 5.74) is 1.19. The molecule has 1 atom stereocenters. The normalized spacial score (nSPS) is 23.5. The molecule has 114 valence electrons. The molecule has 21 heavy (non-hydrogen) atoms. The minimum absolute atomic E-state index is 0.0543. The van der Waals surface area contributed by atoms with E-state index in [1.807, 2.05) is 17.0 Å². The number of likely N-dealkylation sites (tertiary alicyclic amines) is 1. The molecule has 0 saturated carbocycles. The highest BCUT2D eigenvalue weighted by molar-refractivity contribution is 5.82. The Morgan fingerprint density at radius 3 is 2.52 bits per heavy atom. The number of nitrogens with zero attached hydrogens (tertiary/aromatic N) is 1. The quantitative estimate of drug-likeness (QED) is 0.927. The van der Waals surface area contributed by atoms with Crippen molar-refractivity contribution < 1.29 is 9.18 Å². The lowest BCUT2D eigenvalue weighted by atomic mass is 9.90. The maximum atomic E-state index is 12.9. The van der Waals surface area contributed by atoms with Crippen LogP contribution < -0.4 is 5.32 Å². The van der Waals surface area contributed by atoms with Gasteiger partial charge in [-0.3, -0.25) is 4.79 Å². The van der Waals surface area contributed by atoms with E-state index in [0.29, 0.717) is 5.92 Å². The SMILES string of the molecule is O=C(C1CCCN1)N1CCC(Cc2ccc(F)cc2)CC1. The Kier molecular flexibility index (Phi) is 4.54. The number of amides is 1. The summed E-state index contributed by atoms with van der Waals surface area (Å²) in [6.07, 6.45) is 5.18. The fraction of sp³-hybridized carbons (Fsp3) is 0.588. The summed E-state index contributed by atoms with van der Waals surface area (Å²) in [6.45, 7) is 2.70. The van der Waals surface area contributed by atoms with E-state index in [-0.39, 0.29) is 17.8 Å². The molecular weight excluding hydrogens is 267 g/mol. The first kappa shape index (κ1) is 14.5. The number of benzene rings is 1. The molecule has 4 heteroatoms. The molecule has 3 rings (SSSR count). The lowest BCUT2D eigenvalue weighted by Gasteiger charge is -2.33. The number of hydrogen-bond donors (Lipinski definition) is 1. The second-order valence-corrected chi connectivity index (χ2v) is 6.25. The van der Waals surface area contributed by atoms with Gasteiger partial charge in [-0.1, -0.05) is 12.1 Å². The summed E-state index contributed by atoms with van der Waals surface area (Å²) in [6, 6.07) is 6.85. The van der Waals surface area contributed by atoms with Gasteiger partial charge in [0.25, 0.3) is 0 Å². The topological polar surface area (TPSA) is 32.3 Å². The monoisotopic (exact) mass is 290 g/mol. The molecule has 0 radical (unpaired) electrons. The third-order valence-corrected chi connectivity index (χ3v) is 4.72. The Bertz CT molecular complexity index is 474. The van der Waals surface area contributed by atoms with E-state index in [4.69, 9.17) is 0 Å². The maximum Gasteiger partial charge on any atom is 0.239 e. The lowest BCUT2D eigenvalue weighted by molar-refractivity contribution is -0.134. The molecule has 1 N–H and O–H groups in total. The van der Waals surface area contributed by atoms with Crippen LogP contribution in [-0.2, 0) is 11.2 Å². The van der Waals surface area contributed by atoms with Gasteiger partial charge in [0.05, 0.1) is 6.04 Å². The van der Waals surface area contributed by atoms with E-state index in [1.165, 1.54) is 17.7 Å². The van der Waals surface area contributed by atoms with Gasteiger partial charge in [0, 0.05) is 13.1 Å². The van der Waals surface area contributed by atoms with Gasteiger partial charge in [-0.15, -0.1) is 0 Å². The van der Waals surface area contributed by atoms with Crippen molar-refractivity contribution in [2.24, 2.45) is 5.92 Å². The molecule has 0 spiro atoms. The van der Waals surface area contributed by atoms with Crippen LogP contribution in [0.4, 0.5) is 4.39 Å². The third-order valence-electron chi connectivity index (χ3n) is 4.72. The number of halogens is 1. The van der Waals surface area contributed by atoms with Gasteiger partial charge in [0.1, 0.15) is 5.82 Å². The van der Waals surface area contributed by atoms with E-state index in [1.54, 1.807) is 0 Å². The maximum absolute atomic E-state index is 12.9. The molecule has 2 saturated heterocycles. The van der Waals surface area contributed by atoms with E-state index < -0.39 is 0 Å². The van der Waals surface area contributed by atoms with Gasteiger partial charge < -0.3 is 10.2 Å². The van der Waals surface area contributed by atoms with Crippen molar-refractivity contribution in [3.63, 3.8) is 0 Å². The number of piperidine rings is 1. The molecule has 3 nitrogen and oxygen atoms in total. The fourth-order valence-corrected chi connectivity index (χ4v) is 3.43. The first-order valence-corrected chi connectivity index (χ1v) is 7.99. The van der Waals surface area contributed by atoms with E-state index >= 15 is 0 Å². The average molecular weight is 290 g/mol. The first-order chi connectivity index (χ1) is 10.2. The van der Waals surface area contributed by atoms with Crippen LogP contribution in [0.3, 0.4) is 0 Å². The Morgan fingerprint density at radius 2 is 1.90 bits per heavy atom. The first-order valence-electron chi connectivity index (χ1n) is 7.99. The Morgan fingerprint density at radius 1 is 1.19 bits per heavy atom. The van der Waals surface area contributed by atoms with Gasteiger partial charge in [0.15, 0.2) is 0 Å². The van der Waals surface area contributed by atoms with Crippen molar-refractivity contribution in [3.8, 4) is 0 Å². The summed E-state index contributed by atoms with van der Waals surface area (Å²) in [7, 11) is 0. The molecule has 2 aliphatic heterocycles. The van der Waals surface area contributed by atoms with Crippen molar-refractivity contribution >= 4 is 5.91 Å². The second-order valence-electron chi connectivity index (χ2n) is 6.25. The zero-order valence-electron chi connectivity index (χ0n) is 12.4. The molecule has 1 amide bonds. The largest absolute Gasteiger partial charge is 0.341 e. The predicted molar refractivity (Wildman–Crippen MR) is 80.4 cm³/mol. The molecular formula is C17H23FN2O. The minimum Gasteiger partial charge on any atom is -0.341 e. The van der Waals surface area contributed by atoms with E-state index in [9.17, 15) is 9.18 Å². The minimum atomic E-state index is -0.178. The average Bonchev–Trinajstić information content (AvgIpc) is 3.04. The molecule has 0 aliphatic carbocycles. The molecule has 2 aliphatic rings. The molecule has 1 aromatic rings. The highest BCUT2D eigenvalue weighted by atomic mass is 19.1. The summed E-state index contributed by atoms with van der Waals surface area (Å²) in [5, 5.41) is 3.28. The van der Waals surface area contributed by atoms with Gasteiger partial charge >= 0.3 is 0 Å². The molecule has 0 bridgehead atoms. The molecule has 1 aromatic carbocycles. The van der Waals surface area contributed by atoms with Crippen molar-refractivity contribution in [2.45, 2.75) is 38.1 Å². The van der Waals surface area contributed by atoms with Crippen LogP contribution in [0.5, 0.6) is 0 Å². The van der Waals surface area contributed by atoms with Crippen LogP contribution in [0, 0.1) is 11.7 Å². The van der Waals surface area contributed by atoms with E-state index in [2.05, 4.69) is 5.32 Å². The number of hydrogen-bond acceptors (Lipinski definition) is 2. The fourth-order valence-electron chi connectivity index (χ4n) is 3.43. The molecule has 2 fully saturated rings. The van der Waals surface area contributed by atoms with Crippen LogP contribution in [-0.4, -0.2) is 36.5 Å². The summed E-state index contributed by atoms with van der Waals surface area (Å²) >= 11 is 0. The van der Waals surface area contributed by atoms with Crippen LogP contribution in [0.1, 0.15) is 31.2 Å². The highest BCUT2D eigenvalue weighted by Crippen LogP contribution is 2.23. The van der Waals surface area contributed by atoms with Crippen LogP contribution in [0.25, 0.3) is 0 Å². The van der Waals surface area contributed by atoms with Crippen molar-refractivity contribution in [1.82, 2.24) is 10.2 Å². The summed E-state index contributed by atoms with van der Waals surface area (Å²) in [4.78, 5) is 14.3. The Labute approximate surface area is 125 Å². The van der Waals surface area contributed by atoms with Crippen molar-refractivity contribution in [2.75, 3.05) is 19.6 Å². The molecule has 0 aromatic heterocycles. The van der Waals surface area contributed by atoms with Crippen molar-refractivity contribution in [1.29, 1.82) is 0 Å². The van der Waals surface area contributed by atoms with Crippen molar-refractivity contribution in [3.05, 3.63) is 35.6 Å². The zero-order valence-corrected chi connectivity index (χ0v) is 12.4. The number of carbonyl (C=O) groups is 1. The second kappa shape index (κ2) is 6.56. The van der Waals surface area contributed by atoms with E-state index in [0.717, 1.165) is 51.7 Å². The zero-order chi connectivity index (χ0) is 14.7. The van der Waals surface area contributed by atoms with Crippen LogP contribution >= 0.6 is 0 Å². The number of rotatable bonds is 3. The summed E-state index contributed by atoms with van der Waals surface area (Å²) in [5.74, 6) is 0.715. The Balaban J connectivity index is 1.48. The Hall–Kier alpha value is -1.42. The summed E-state index contributed by atoms with van der Waals surface area (Å²) < 4.78 is 12.9. The number of carbonyl (C=O) groups excluding carboxylic acids is 1. The van der Waals surface area contributed by atoms with Crippen LogP contribution in [0.15, 0.2) is 24.3 Å². The predicted octanol–water partition coefficient (Wildman–Crippen LogP) is 2.36. The molecule has 2 heterocycles. The molecule has 1 unspecified atom stereocenters.